The lowest BCUT2D eigenvalue weighted by Gasteiger charge is -2.06. The van der Waals surface area contributed by atoms with Crippen molar-refractivity contribution in [2.75, 3.05) is 13.1 Å². The Bertz CT molecular complexity index is 859. The molecule has 2 aromatic carbocycles. The average molecular weight is 468 g/mol. The molecule has 0 aliphatic rings. The van der Waals surface area contributed by atoms with Gasteiger partial charge in [0.2, 0.25) is 11.8 Å². The fourth-order valence-corrected chi connectivity index (χ4v) is 2.48. The van der Waals surface area contributed by atoms with Gasteiger partial charge in [-0.1, -0.05) is 101 Å². The maximum absolute atomic E-state index is 10.9. The van der Waals surface area contributed by atoms with Crippen molar-refractivity contribution in [2.45, 2.75) is 61.3 Å². The average Bonchev–Trinajstić information content (AvgIpc) is 2.87. The Morgan fingerprint density at radius 1 is 0.912 bits per heavy atom. The molecule has 5 heteroatoms. The first-order valence-electron chi connectivity index (χ1n) is 11.9. The molecule has 4 N–H and O–H groups in total. The minimum Gasteiger partial charge on any atom is -0.401 e. The third kappa shape index (κ3) is 17.2. The molecule has 0 atom stereocenters. The van der Waals surface area contributed by atoms with Crippen molar-refractivity contribution in [2.24, 2.45) is 5.73 Å². The van der Waals surface area contributed by atoms with Crippen LogP contribution >= 0.6 is 0 Å². The van der Waals surface area contributed by atoms with Crippen LogP contribution in [-0.2, 0) is 16.0 Å². The van der Waals surface area contributed by atoms with E-state index in [0.717, 1.165) is 6.42 Å². The summed E-state index contributed by atoms with van der Waals surface area (Å²) in [4.78, 5) is 21.7. The van der Waals surface area contributed by atoms with Gasteiger partial charge in [0.15, 0.2) is 0 Å². The summed E-state index contributed by atoms with van der Waals surface area (Å²) in [6.45, 7) is 17.9. The molecule has 0 fully saturated rings. The fraction of sp³-hybridized carbons (Fsp3) is 0.379. The van der Waals surface area contributed by atoms with Crippen LogP contribution in [0.4, 0.5) is 0 Å². The molecule has 0 radical (unpaired) electrons. The molecule has 0 saturated heterocycles. The van der Waals surface area contributed by atoms with Gasteiger partial charge in [-0.2, -0.15) is 0 Å². The van der Waals surface area contributed by atoms with Gasteiger partial charge < -0.3 is 16.4 Å². The predicted molar refractivity (Wildman–Crippen MR) is 147 cm³/mol. The first-order valence-corrected chi connectivity index (χ1v) is 11.9. The highest BCUT2D eigenvalue weighted by atomic mass is 16.2. The topological polar surface area (TPSA) is 84.2 Å². The highest BCUT2D eigenvalue weighted by Gasteiger charge is 2.02. The van der Waals surface area contributed by atoms with E-state index in [9.17, 15) is 9.59 Å². The molecular weight excluding hydrogens is 422 g/mol. The second-order valence-electron chi connectivity index (χ2n) is 7.20. The molecular formula is C29H45N3O2. The van der Waals surface area contributed by atoms with Crippen molar-refractivity contribution in [3.8, 4) is 0 Å². The lowest BCUT2D eigenvalue weighted by molar-refractivity contribution is -0.125. The number of nitrogens with two attached hydrogens (primary N) is 1. The summed E-state index contributed by atoms with van der Waals surface area (Å²) in [6.07, 6.45) is 3.65. The van der Waals surface area contributed by atoms with Crippen LogP contribution in [0, 0.1) is 6.92 Å². The zero-order valence-electron chi connectivity index (χ0n) is 22.2. The quantitative estimate of drug-likeness (QED) is 0.481. The number of amides is 2. The number of allylic oxidation sites excluding steroid dienone is 2. The van der Waals surface area contributed by atoms with E-state index in [2.05, 4.69) is 87.4 Å². The Balaban J connectivity index is 0. The van der Waals surface area contributed by atoms with Crippen molar-refractivity contribution >= 4 is 17.4 Å². The molecule has 188 valence electrons. The molecule has 5 nitrogen and oxygen atoms in total. The van der Waals surface area contributed by atoms with Gasteiger partial charge in [-0.3, -0.25) is 9.59 Å². The number of hydrogen-bond acceptors (Lipinski definition) is 3. The van der Waals surface area contributed by atoms with Gasteiger partial charge in [-0.05, 0) is 43.9 Å². The summed E-state index contributed by atoms with van der Waals surface area (Å²) in [5.74, 6) is -0.421. The summed E-state index contributed by atoms with van der Waals surface area (Å²) in [6, 6.07) is 18.8. The minimum atomic E-state index is -0.270. The lowest BCUT2D eigenvalue weighted by atomic mass is 9.99. The van der Waals surface area contributed by atoms with Crippen molar-refractivity contribution in [1.82, 2.24) is 10.6 Å². The van der Waals surface area contributed by atoms with Crippen LogP contribution < -0.4 is 16.4 Å². The second kappa shape index (κ2) is 21.5. The summed E-state index contributed by atoms with van der Waals surface area (Å²) in [5, 5.41) is 4.92. The molecule has 2 aromatic rings. The Morgan fingerprint density at radius 2 is 1.44 bits per heavy atom. The summed E-state index contributed by atoms with van der Waals surface area (Å²) in [7, 11) is 0. The Hall–Kier alpha value is -3.34. The monoisotopic (exact) mass is 467 g/mol. The Labute approximate surface area is 207 Å². The van der Waals surface area contributed by atoms with Gasteiger partial charge >= 0.3 is 0 Å². The van der Waals surface area contributed by atoms with Gasteiger partial charge in [-0.25, -0.2) is 0 Å². The van der Waals surface area contributed by atoms with Gasteiger partial charge in [0, 0.05) is 12.1 Å². The highest BCUT2D eigenvalue weighted by molar-refractivity contribution is 5.84. The Morgan fingerprint density at radius 3 is 1.88 bits per heavy atom. The number of carbonyl (C=O) groups excluding carboxylic acids is 2. The minimum absolute atomic E-state index is 0.0139. The maximum atomic E-state index is 10.9. The maximum Gasteiger partial charge on any atom is 0.239 e. The predicted octanol–water partition coefficient (Wildman–Crippen LogP) is 5.79. The number of benzene rings is 2. The molecule has 0 heterocycles. The van der Waals surface area contributed by atoms with E-state index in [1.54, 1.807) is 6.92 Å². The number of hydrogen-bond donors (Lipinski definition) is 3. The molecule has 0 bridgehead atoms. The SMILES string of the molecule is C/C=C(/C)c1ccccc1CC.C=C(N)CNC(=O)CNC(=O)CC.CC.Cc1ccccc1. The molecule has 0 saturated carbocycles. The first kappa shape index (κ1) is 32.8. The highest BCUT2D eigenvalue weighted by Crippen LogP contribution is 2.18. The molecule has 0 unspecified atom stereocenters. The first-order chi connectivity index (χ1) is 16.2. The fourth-order valence-electron chi connectivity index (χ4n) is 2.48. The van der Waals surface area contributed by atoms with E-state index in [4.69, 9.17) is 5.73 Å². The third-order valence-corrected chi connectivity index (χ3v) is 4.48. The second-order valence-corrected chi connectivity index (χ2v) is 7.20. The number of aryl methyl sites for hydroxylation is 2. The van der Waals surface area contributed by atoms with E-state index in [-0.39, 0.29) is 24.9 Å². The molecule has 0 aliphatic carbocycles. The van der Waals surface area contributed by atoms with E-state index >= 15 is 0 Å². The van der Waals surface area contributed by atoms with Crippen LogP contribution in [0.1, 0.15) is 64.7 Å². The zero-order valence-corrected chi connectivity index (χ0v) is 22.2. The summed E-state index contributed by atoms with van der Waals surface area (Å²) < 4.78 is 0. The lowest BCUT2D eigenvalue weighted by Crippen LogP contribution is -2.37. The van der Waals surface area contributed by atoms with Crippen LogP contribution in [0.2, 0.25) is 0 Å². The molecule has 2 rings (SSSR count). The smallest absolute Gasteiger partial charge is 0.239 e. The van der Waals surface area contributed by atoms with Crippen molar-refractivity contribution < 1.29 is 9.59 Å². The van der Waals surface area contributed by atoms with Gasteiger partial charge in [-0.15, -0.1) is 0 Å². The number of nitrogens with one attached hydrogen (secondary N) is 2. The normalized spacial score (nSPS) is 9.56. The third-order valence-electron chi connectivity index (χ3n) is 4.48. The van der Waals surface area contributed by atoms with E-state index < -0.39 is 0 Å². The summed E-state index contributed by atoms with van der Waals surface area (Å²) in [5.41, 5.74) is 11.1. The van der Waals surface area contributed by atoms with Crippen LogP contribution in [0.3, 0.4) is 0 Å². The van der Waals surface area contributed by atoms with Crippen LogP contribution in [0.5, 0.6) is 0 Å². The van der Waals surface area contributed by atoms with Crippen LogP contribution in [0.15, 0.2) is 72.9 Å². The van der Waals surface area contributed by atoms with Crippen molar-refractivity contribution in [3.63, 3.8) is 0 Å². The van der Waals surface area contributed by atoms with Gasteiger partial charge in [0.25, 0.3) is 0 Å². The largest absolute Gasteiger partial charge is 0.401 e. The van der Waals surface area contributed by atoms with Gasteiger partial charge in [0.05, 0.1) is 13.1 Å². The van der Waals surface area contributed by atoms with Crippen LogP contribution in [-0.4, -0.2) is 24.9 Å². The number of carbonyl (C=O) groups is 2. The van der Waals surface area contributed by atoms with Crippen molar-refractivity contribution in [1.29, 1.82) is 0 Å². The van der Waals surface area contributed by atoms with Gasteiger partial charge in [0.1, 0.15) is 0 Å². The number of rotatable bonds is 7. The van der Waals surface area contributed by atoms with E-state index in [0.29, 0.717) is 12.1 Å². The van der Waals surface area contributed by atoms with Crippen LogP contribution in [0.25, 0.3) is 5.57 Å². The molecule has 0 aromatic heterocycles. The van der Waals surface area contributed by atoms with E-state index in [1.807, 2.05) is 32.0 Å². The van der Waals surface area contributed by atoms with E-state index in [1.165, 1.54) is 22.3 Å². The molecule has 2 amide bonds. The molecule has 0 spiro atoms. The summed E-state index contributed by atoms with van der Waals surface area (Å²) >= 11 is 0. The zero-order chi connectivity index (χ0) is 26.4. The Kier molecular flexibility index (Phi) is 20.8. The van der Waals surface area contributed by atoms with Crippen molar-refractivity contribution in [3.05, 3.63) is 89.6 Å². The molecule has 34 heavy (non-hydrogen) atoms. The standard InChI is InChI=1S/C12H16.C8H15N3O2.C7H8.C2H6/c1-4-10(3)12-9-7-6-8-11(12)5-2;1-3-7(12)11-5-8(13)10-4-6(2)9;1-7-5-3-2-4-6-7;1-2/h4,6-9H,5H2,1-3H3;2-5,9H2,1H3,(H,10,13)(H,11,12);2-6H,1H3;1-2H3/b10-4-;;;. The molecule has 0 aliphatic heterocycles.